The highest BCUT2D eigenvalue weighted by atomic mass is 32.2. The number of benzene rings is 1. The van der Waals surface area contributed by atoms with Crippen LogP contribution in [-0.2, 0) is 20.2 Å². The van der Waals surface area contributed by atoms with Gasteiger partial charge in [-0.25, -0.2) is 8.42 Å². The van der Waals surface area contributed by atoms with Gasteiger partial charge in [0.2, 0.25) is 0 Å². The Balaban J connectivity index is 2.14. The summed E-state index contributed by atoms with van der Waals surface area (Å²) in [5.41, 5.74) is -0.530. The number of amides is 1. The van der Waals surface area contributed by atoms with Gasteiger partial charge in [0, 0.05) is 11.6 Å². The molecule has 21 heavy (non-hydrogen) atoms. The average molecular weight is 307 g/mol. The lowest BCUT2D eigenvalue weighted by molar-refractivity contribution is -0.124. The average Bonchev–Trinajstić information content (AvgIpc) is 2.71. The molecule has 0 aliphatic carbocycles. The van der Waals surface area contributed by atoms with Gasteiger partial charge in [-0.05, 0) is 26.3 Å². The number of nitrogens with zero attached hydrogens (tertiary/aromatic N) is 1. The smallest absolute Gasteiger partial charge is 0.257 e. The van der Waals surface area contributed by atoms with Crippen molar-refractivity contribution < 1.29 is 13.2 Å². The summed E-state index contributed by atoms with van der Waals surface area (Å²) in [6.45, 7) is 3.82. The molecule has 1 unspecified atom stereocenters. The molecule has 7 heteroatoms. The molecule has 1 atom stereocenters. The van der Waals surface area contributed by atoms with E-state index in [4.69, 9.17) is 0 Å². The number of carbonyl (C=O) groups is 1. The Hall–Kier alpha value is -1.89. The second kappa shape index (κ2) is 4.56. The van der Waals surface area contributed by atoms with E-state index in [0.29, 0.717) is 11.5 Å². The predicted molar refractivity (Wildman–Crippen MR) is 78.6 cm³/mol. The van der Waals surface area contributed by atoms with Crippen LogP contribution in [0.15, 0.2) is 34.2 Å². The first-order valence-corrected chi connectivity index (χ1v) is 8.50. The summed E-state index contributed by atoms with van der Waals surface area (Å²) < 4.78 is 24.4. The van der Waals surface area contributed by atoms with E-state index in [-0.39, 0.29) is 29.0 Å². The molecule has 1 aromatic rings. The van der Waals surface area contributed by atoms with Crippen LogP contribution in [0.5, 0.6) is 0 Å². The zero-order chi connectivity index (χ0) is 15.3. The summed E-state index contributed by atoms with van der Waals surface area (Å²) in [5.74, 6) is 0.104. The third kappa shape index (κ3) is 2.12. The summed E-state index contributed by atoms with van der Waals surface area (Å²) >= 11 is 0. The van der Waals surface area contributed by atoms with Gasteiger partial charge in [0.15, 0.2) is 15.8 Å². The third-order valence-electron chi connectivity index (χ3n) is 3.77. The molecule has 1 fully saturated rings. The predicted octanol–water partition coefficient (Wildman–Crippen LogP) is 0.543. The lowest BCUT2D eigenvalue weighted by Gasteiger charge is -2.32. The summed E-state index contributed by atoms with van der Waals surface area (Å²) in [6.07, 6.45) is 0.204. The van der Waals surface area contributed by atoms with Gasteiger partial charge in [0.25, 0.3) is 5.91 Å². The van der Waals surface area contributed by atoms with Crippen LogP contribution in [0.1, 0.15) is 25.8 Å². The van der Waals surface area contributed by atoms with E-state index in [2.05, 4.69) is 15.6 Å². The normalized spacial score (nSPS) is 28.5. The third-order valence-corrected chi connectivity index (χ3v) is 5.53. The number of carbonyl (C=O) groups excluding carboxylic acids is 1. The Morgan fingerprint density at radius 1 is 1.29 bits per heavy atom. The number of aliphatic imine (C=N–C) groups is 1. The van der Waals surface area contributed by atoms with Crippen molar-refractivity contribution in [1.82, 2.24) is 10.6 Å². The minimum Gasteiger partial charge on any atom is -0.338 e. The molecule has 112 valence electrons. The number of hydrogen-bond acceptors (Lipinski definition) is 4. The first kappa shape index (κ1) is 14.1. The van der Waals surface area contributed by atoms with E-state index < -0.39 is 15.4 Å². The molecule has 6 nitrogen and oxygen atoms in total. The molecule has 1 aromatic carbocycles. The fourth-order valence-electron chi connectivity index (χ4n) is 2.82. The molecule has 0 aromatic heterocycles. The van der Waals surface area contributed by atoms with E-state index in [1.54, 1.807) is 24.3 Å². The van der Waals surface area contributed by atoms with Crippen LogP contribution in [0, 0.1) is 0 Å². The molecule has 1 saturated heterocycles. The molecule has 2 aliphatic heterocycles. The van der Waals surface area contributed by atoms with Crippen molar-refractivity contribution in [3.63, 3.8) is 0 Å². The van der Waals surface area contributed by atoms with Crippen LogP contribution in [0.25, 0.3) is 0 Å². The Bertz CT molecular complexity index is 740. The maximum atomic E-state index is 12.5. The second-order valence-corrected chi connectivity index (χ2v) is 7.70. The van der Waals surface area contributed by atoms with Crippen LogP contribution >= 0.6 is 0 Å². The first-order valence-electron chi connectivity index (χ1n) is 6.85. The van der Waals surface area contributed by atoms with E-state index >= 15 is 0 Å². The zero-order valence-corrected chi connectivity index (χ0v) is 12.7. The molecule has 0 bridgehead atoms. The summed E-state index contributed by atoms with van der Waals surface area (Å²) in [4.78, 5) is 17.0. The summed E-state index contributed by atoms with van der Waals surface area (Å²) in [5, 5.41) is 5.83. The molecule has 3 rings (SSSR count). The zero-order valence-electron chi connectivity index (χ0n) is 11.9. The van der Waals surface area contributed by atoms with Gasteiger partial charge in [-0.2, -0.15) is 0 Å². The molecule has 0 saturated carbocycles. The van der Waals surface area contributed by atoms with Crippen molar-refractivity contribution in [3.05, 3.63) is 29.8 Å². The lowest BCUT2D eigenvalue weighted by atomic mass is 9.87. The topological polar surface area (TPSA) is 87.6 Å². The van der Waals surface area contributed by atoms with E-state index in [1.807, 2.05) is 13.8 Å². The van der Waals surface area contributed by atoms with Crippen molar-refractivity contribution >= 4 is 21.7 Å². The highest BCUT2D eigenvalue weighted by molar-refractivity contribution is 7.91. The van der Waals surface area contributed by atoms with Gasteiger partial charge in [-0.3, -0.25) is 15.1 Å². The number of rotatable bonds is 1. The maximum absolute atomic E-state index is 12.5. The summed E-state index contributed by atoms with van der Waals surface area (Å²) in [7, 11) is -3.33. The van der Waals surface area contributed by atoms with E-state index in [1.165, 1.54) is 0 Å². The minimum absolute atomic E-state index is 0.0329. The van der Waals surface area contributed by atoms with Crippen molar-refractivity contribution in [2.45, 2.75) is 36.7 Å². The highest BCUT2D eigenvalue weighted by Gasteiger charge is 2.52. The lowest BCUT2D eigenvalue weighted by Crippen LogP contribution is -2.48. The molecule has 2 aliphatic rings. The second-order valence-electron chi connectivity index (χ2n) is 5.62. The first-order chi connectivity index (χ1) is 9.85. The van der Waals surface area contributed by atoms with Gasteiger partial charge < -0.3 is 5.32 Å². The van der Waals surface area contributed by atoms with Crippen LogP contribution in [0.2, 0.25) is 0 Å². The number of nitrogens with one attached hydrogen (secondary N) is 2. The molecule has 2 heterocycles. The monoisotopic (exact) mass is 307 g/mol. The van der Waals surface area contributed by atoms with Crippen molar-refractivity contribution in [2.24, 2.45) is 4.99 Å². The Morgan fingerprint density at radius 2 is 2.00 bits per heavy atom. The number of fused-ring (bicyclic) bond motifs is 2. The Kier molecular flexibility index (Phi) is 3.05. The van der Waals surface area contributed by atoms with Gasteiger partial charge >= 0.3 is 0 Å². The SMILES string of the molecule is CC(C)N=C1NC(=O)C2(CCS(=O)(=O)c3ccccc32)N1. The van der Waals surface area contributed by atoms with E-state index in [0.717, 1.165) is 0 Å². The maximum Gasteiger partial charge on any atom is 0.257 e. The fraction of sp³-hybridized carbons (Fsp3) is 0.429. The number of hydrogen-bond donors (Lipinski definition) is 2. The summed E-state index contributed by atoms with van der Waals surface area (Å²) in [6, 6.07) is 6.69. The quantitative estimate of drug-likeness (QED) is 0.793. The van der Waals surface area contributed by atoms with Crippen LogP contribution in [0.4, 0.5) is 0 Å². The van der Waals surface area contributed by atoms with Crippen molar-refractivity contribution in [2.75, 3.05) is 5.75 Å². The number of sulfone groups is 1. The van der Waals surface area contributed by atoms with E-state index in [9.17, 15) is 13.2 Å². The van der Waals surface area contributed by atoms with Crippen LogP contribution in [0.3, 0.4) is 0 Å². The van der Waals surface area contributed by atoms with Crippen LogP contribution in [-0.4, -0.2) is 32.1 Å². The minimum atomic E-state index is -3.33. The van der Waals surface area contributed by atoms with Crippen molar-refractivity contribution in [3.8, 4) is 0 Å². The Morgan fingerprint density at radius 3 is 2.71 bits per heavy atom. The number of guanidine groups is 1. The molecular formula is C14H17N3O3S. The standard InChI is InChI=1S/C14H17N3O3S/c1-9(2)15-13-16-12(18)14(17-13)7-8-21(19,20)11-6-4-3-5-10(11)14/h3-6,9H,7-8H2,1-2H3,(H2,15,16,17,18). The molecule has 1 spiro atoms. The highest BCUT2D eigenvalue weighted by Crippen LogP contribution is 2.38. The fourth-order valence-corrected chi connectivity index (χ4v) is 4.47. The van der Waals surface area contributed by atoms with Gasteiger partial charge in [0.05, 0.1) is 10.6 Å². The van der Waals surface area contributed by atoms with Crippen LogP contribution < -0.4 is 10.6 Å². The molecule has 1 amide bonds. The van der Waals surface area contributed by atoms with Gasteiger partial charge in [0.1, 0.15) is 5.54 Å². The largest absolute Gasteiger partial charge is 0.338 e. The molecular weight excluding hydrogens is 290 g/mol. The van der Waals surface area contributed by atoms with Gasteiger partial charge in [-0.1, -0.05) is 18.2 Å². The Labute approximate surface area is 123 Å². The van der Waals surface area contributed by atoms with Gasteiger partial charge in [-0.15, -0.1) is 0 Å². The van der Waals surface area contributed by atoms with Crippen molar-refractivity contribution in [1.29, 1.82) is 0 Å². The molecule has 2 N–H and O–H groups in total. The molecule has 0 radical (unpaired) electrons.